The lowest BCUT2D eigenvalue weighted by atomic mass is 9.98. The number of hydrogen-bond donors (Lipinski definition) is 0. The molecular formula is C52H70O10SSi. The van der Waals surface area contributed by atoms with E-state index in [1.807, 2.05) is 86.6 Å². The van der Waals surface area contributed by atoms with Gasteiger partial charge in [-0.25, -0.2) is 0 Å². The average Bonchev–Trinajstić information content (AvgIpc) is 3.28. The van der Waals surface area contributed by atoms with E-state index in [9.17, 15) is 0 Å². The second-order valence-corrected chi connectivity index (χ2v) is 24.8. The van der Waals surface area contributed by atoms with E-state index in [0.29, 0.717) is 32.7 Å². The quantitative estimate of drug-likeness (QED) is 0.0894. The molecule has 0 spiro atoms. The Balaban J connectivity index is 1.10. The van der Waals surface area contributed by atoms with Gasteiger partial charge in [-0.1, -0.05) is 142 Å². The van der Waals surface area contributed by atoms with E-state index in [0.717, 1.165) is 21.6 Å². The van der Waals surface area contributed by atoms with Crippen LogP contribution < -0.4 is 0 Å². The Kier molecular flexibility index (Phi) is 17.4. The van der Waals surface area contributed by atoms with Crippen LogP contribution in [-0.4, -0.2) is 94.5 Å². The molecule has 4 aromatic carbocycles. The number of benzene rings is 4. The minimum atomic E-state index is -2.18. The van der Waals surface area contributed by atoms with E-state index < -0.39 is 57.5 Å². The third kappa shape index (κ3) is 12.9. The van der Waals surface area contributed by atoms with Gasteiger partial charge in [-0.3, -0.25) is 0 Å². The van der Waals surface area contributed by atoms with E-state index >= 15 is 0 Å². The fourth-order valence-electron chi connectivity index (χ4n) is 8.38. The third-order valence-electron chi connectivity index (χ3n) is 13.0. The van der Waals surface area contributed by atoms with Crippen molar-refractivity contribution >= 4 is 20.1 Å². The van der Waals surface area contributed by atoms with Crippen molar-refractivity contribution in [1.29, 1.82) is 0 Å². The molecule has 0 radical (unpaired) electrons. The average molecular weight is 915 g/mol. The highest BCUT2D eigenvalue weighted by atomic mass is 32.2. The van der Waals surface area contributed by atoms with Gasteiger partial charge in [0.05, 0.1) is 56.4 Å². The standard InChI is InChI=1S/C52H70O10SSi/c1-35-46(60-44-31-43(55-33-39-24-16-11-17-25-39)47(36(2)58-44)62-64(8,9)52(4,5)6)42(54-32-38-22-14-10-15-23-38)30-45(57-35)61-48-37(3)59-51(63-41-28-20-13-21-29-41)50(53-7)49(48)56-34-40-26-18-12-19-27-40/h10-29,35-37,42-51H,30-34H2,1-9H3/t35-,36-,37-,42+,43+,44-,45+,46-,47-,48-,49-,50-,51-/m1/s1. The van der Waals surface area contributed by atoms with Crippen molar-refractivity contribution in [2.75, 3.05) is 7.11 Å². The van der Waals surface area contributed by atoms with E-state index in [2.05, 4.69) is 89.3 Å². The molecule has 4 aromatic rings. The predicted octanol–water partition coefficient (Wildman–Crippen LogP) is 10.7. The van der Waals surface area contributed by atoms with Crippen LogP contribution in [0.25, 0.3) is 0 Å². The summed E-state index contributed by atoms with van der Waals surface area (Å²) in [5.74, 6) is 0. The molecule has 3 aliphatic rings. The topological polar surface area (TPSA) is 92.3 Å². The molecule has 13 atom stereocenters. The summed E-state index contributed by atoms with van der Waals surface area (Å²) in [6, 6.07) is 40.9. The highest BCUT2D eigenvalue weighted by molar-refractivity contribution is 7.99. The van der Waals surface area contributed by atoms with Crippen molar-refractivity contribution in [3.05, 3.63) is 138 Å². The molecule has 0 amide bonds. The first kappa shape index (κ1) is 49.0. The molecular weight excluding hydrogens is 845 g/mol. The zero-order valence-corrected chi connectivity index (χ0v) is 40.9. The minimum absolute atomic E-state index is 0.0176. The maximum Gasteiger partial charge on any atom is 0.192 e. The molecule has 10 nitrogen and oxygen atoms in total. The molecule has 3 saturated heterocycles. The zero-order chi connectivity index (χ0) is 45.3. The number of methoxy groups -OCH3 is 1. The number of hydrogen-bond acceptors (Lipinski definition) is 11. The highest BCUT2D eigenvalue weighted by Crippen LogP contribution is 2.42. The summed E-state index contributed by atoms with van der Waals surface area (Å²) in [5.41, 5.74) is 2.89. The minimum Gasteiger partial charge on any atom is -0.409 e. The van der Waals surface area contributed by atoms with Crippen molar-refractivity contribution in [3.63, 3.8) is 0 Å². The highest BCUT2D eigenvalue weighted by Gasteiger charge is 2.51. The molecule has 0 aromatic heterocycles. The Morgan fingerprint density at radius 2 is 0.953 bits per heavy atom. The van der Waals surface area contributed by atoms with Crippen molar-refractivity contribution < 1.29 is 47.1 Å². The molecule has 64 heavy (non-hydrogen) atoms. The van der Waals surface area contributed by atoms with Crippen molar-refractivity contribution in [1.82, 2.24) is 0 Å². The molecule has 0 N–H and O–H groups in total. The van der Waals surface area contributed by atoms with Crippen molar-refractivity contribution in [2.24, 2.45) is 0 Å². The molecule has 0 bridgehead atoms. The summed E-state index contributed by atoms with van der Waals surface area (Å²) >= 11 is 1.62. The van der Waals surface area contributed by atoms with Gasteiger partial charge in [0.1, 0.15) is 29.9 Å². The summed E-state index contributed by atoms with van der Waals surface area (Å²) in [7, 11) is -0.475. The Morgan fingerprint density at radius 3 is 1.44 bits per heavy atom. The summed E-state index contributed by atoms with van der Waals surface area (Å²) in [6.07, 6.45) is -4.24. The first-order valence-electron chi connectivity index (χ1n) is 22.9. The Labute approximate surface area is 387 Å². The van der Waals surface area contributed by atoms with Gasteiger partial charge in [0.25, 0.3) is 0 Å². The third-order valence-corrected chi connectivity index (χ3v) is 18.6. The van der Waals surface area contributed by atoms with E-state index in [1.165, 1.54) is 0 Å². The molecule has 0 aliphatic carbocycles. The van der Waals surface area contributed by atoms with Crippen LogP contribution in [0.3, 0.4) is 0 Å². The van der Waals surface area contributed by atoms with Gasteiger partial charge in [-0.15, -0.1) is 0 Å². The lowest BCUT2D eigenvalue weighted by Crippen LogP contribution is -2.61. The Hall–Kier alpha value is -2.95. The molecule has 7 rings (SSSR count). The van der Waals surface area contributed by atoms with Gasteiger partial charge in [0.15, 0.2) is 20.9 Å². The summed E-state index contributed by atoms with van der Waals surface area (Å²) in [6.45, 7) is 18.7. The van der Waals surface area contributed by atoms with Crippen molar-refractivity contribution in [3.8, 4) is 0 Å². The molecule has 348 valence electrons. The lowest BCUT2D eigenvalue weighted by molar-refractivity contribution is -0.336. The molecule has 0 saturated carbocycles. The first-order valence-corrected chi connectivity index (χ1v) is 26.7. The predicted molar refractivity (Wildman–Crippen MR) is 252 cm³/mol. The van der Waals surface area contributed by atoms with Crippen LogP contribution >= 0.6 is 11.8 Å². The maximum atomic E-state index is 7.06. The van der Waals surface area contributed by atoms with Gasteiger partial charge in [-0.05, 0) is 67.7 Å². The fraction of sp³-hybridized carbons (Fsp3) is 0.538. The van der Waals surface area contributed by atoms with E-state index in [-0.39, 0.29) is 34.9 Å². The number of thioether (sulfide) groups is 1. The van der Waals surface area contributed by atoms with Gasteiger partial charge in [0, 0.05) is 24.8 Å². The number of rotatable bonds is 18. The maximum absolute atomic E-state index is 7.06. The van der Waals surface area contributed by atoms with Gasteiger partial charge >= 0.3 is 0 Å². The second kappa shape index (κ2) is 22.7. The fourth-order valence-corrected chi connectivity index (χ4v) is 11.0. The van der Waals surface area contributed by atoms with E-state index in [1.54, 1.807) is 18.9 Å². The summed E-state index contributed by atoms with van der Waals surface area (Å²) < 4.78 is 67.8. The van der Waals surface area contributed by atoms with Crippen LogP contribution in [0.5, 0.6) is 0 Å². The van der Waals surface area contributed by atoms with Crippen molar-refractivity contribution in [2.45, 2.75) is 176 Å². The molecule has 0 unspecified atom stereocenters. The molecule has 3 fully saturated rings. The van der Waals surface area contributed by atoms with Crippen LogP contribution in [0.2, 0.25) is 18.1 Å². The van der Waals surface area contributed by atoms with Crippen LogP contribution in [0.15, 0.2) is 126 Å². The van der Waals surface area contributed by atoms with Gasteiger partial charge in [-0.2, -0.15) is 0 Å². The van der Waals surface area contributed by atoms with Crippen LogP contribution in [0.1, 0.15) is 71.1 Å². The second-order valence-electron chi connectivity index (χ2n) is 18.8. The van der Waals surface area contributed by atoms with Gasteiger partial charge in [0.2, 0.25) is 0 Å². The normalized spacial score (nSPS) is 31.4. The SMILES string of the molecule is CO[C@@H]1[C@H](OCc2ccccc2)[C@H](O[C@H]2C[C@H](OCc3ccccc3)[C@H](O[C@@H]3C[C@H](OCc4ccccc4)[C@H](O[Si](C)(C)C(C)(C)C)[C@@H](C)O3)[C@@H](C)O2)[C@@H](C)O[C@@H]1Sc1ccccc1. The molecule has 12 heteroatoms. The summed E-state index contributed by atoms with van der Waals surface area (Å²) in [5, 5.41) is 0.0176. The van der Waals surface area contributed by atoms with Crippen LogP contribution in [0, 0.1) is 0 Å². The smallest absolute Gasteiger partial charge is 0.192 e. The first-order chi connectivity index (χ1) is 30.8. The monoisotopic (exact) mass is 914 g/mol. The largest absolute Gasteiger partial charge is 0.409 e. The zero-order valence-electron chi connectivity index (χ0n) is 39.1. The van der Waals surface area contributed by atoms with Crippen LogP contribution in [-0.2, 0) is 66.9 Å². The summed E-state index contributed by atoms with van der Waals surface area (Å²) in [4.78, 5) is 1.08. The Morgan fingerprint density at radius 1 is 0.531 bits per heavy atom. The molecule has 3 heterocycles. The van der Waals surface area contributed by atoms with Crippen LogP contribution in [0.4, 0.5) is 0 Å². The lowest BCUT2D eigenvalue weighted by Gasteiger charge is -2.49. The van der Waals surface area contributed by atoms with Gasteiger partial charge < -0.3 is 47.1 Å². The Bertz CT molecular complexity index is 1960. The number of ether oxygens (including phenoxy) is 9. The molecule has 3 aliphatic heterocycles. The van der Waals surface area contributed by atoms with E-state index in [4.69, 9.17) is 47.1 Å².